The van der Waals surface area contributed by atoms with Crippen molar-refractivity contribution in [2.45, 2.75) is 0 Å². The van der Waals surface area contributed by atoms with Crippen LogP contribution < -0.4 is 9.80 Å². The first-order valence-corrected chi connectivity index (χ1v) is 15.6. The molecule has 226 valence electrons. The third-order valence-corrected chi connectivity index (χ3v) is 8.31. The molecule has 0 radical (unpaired) electrons. The van der Waals surface area contributed by atoms with E-state index in [4.69, 9.17) is 28.9 Å². The summed E-state index contributed by atoms with van der Waals surface area (Å²) in [5, 5.41) is 2.15. The second kappa shape index (κ2) is 13.7. The highest BCUT2D eigenvalue weighted by Gasteiger charge is 2.20. The van der Waals surface area contributed by atoms with Crippen molar-refractivity contribution in [3.63, 3.8) is 0 Å². The minimum Gasteiger partial charge on any atom is -0.377 e. The number of nitrogens with zero attached hydrogens (tertiary/aromatic N) is 4. The molecule has 0 fully saturated rings. The van der Waals surface area contributed by atoms with Crippen molar-refractivity contribution in [3.8, 4) is 22.3 Å². The SMILES string of the molecule is c1ccc(-c2cc3nc4c2ccc2c(-c5ccccc5)cc(nc24)N2CCOCCOCCN3CCOCCOCC2)cc1. The Morgan fingerprint density at radius 2 is 0.795 bits per heavy atom. The number of benzene rings is 3. The van der Waals surface area contributed by atoms with E-state index in [9.17, 15) is 0 Å². The summed E-state index contributed by atoms with van der Waals surface area (Å²) >= 11 is 0. The molecule has 0 aliphatic carbocycles. The van der Waals surface area contributed by atoms with Gasteiger partial charge in [-0.2, -0.15) is 0 Å². The molecule has 0 N–H and O–H groups in total. The first-order valence-electron chi connectivity index (χ1n) is 15.6. The van der Waals surface area contributed by atoms with Crippen molar-refractivity contribution in [2.24, 2.45) is 0 Å². The lowest BCUT2D eigenvalue weighted by molar-refractivity contribution is 0.0434. The normalized spacial score (nSPS) is 17.4. The lowest BCUT2D eigenvalue weighted by Crippen LogP contribution is -2.34. The summed E-state index contributed by atoms with van der Waals surface area (Å²) in [6.07, 6.45) is 0. The number of hydrogen-bond donors (Lipinski definition) is 0. The van der Waals surface area contributed by atoms with E-state index in [2.05, 4.69) is 94.7 Å². The van der Waals surface area contributed by atoms with Crippen molar-refractivity contribution in [3.05, 3.63) is 84.9 Å². The van der Waals surface area contributed by atoms with Gasteiger partial charge in [-0.25, -0.2) is 9.97 Å². The van der Waals surface area contributed by atoms with Crippen molar-refractivity contribution in [2.75, 3.05) is 88.8 Å². The molecule has 2 aliphatic rings. The van der Waals surface area contributed by atoms with Crippen LogP contribution >= 0.6 is 0 Å². The van der Waals surface area contributed by atoms with Crippen LogP contribution in [0.4, 0.5) is 11.6 Å². The van der Waals surface area contributed by atoms with Crippen molar-refractivity contribution < 1.29 is 18.9 Å². The zero-order valence-corrected chi connectivity index (χ0v) is 25.0. The Labute approximate surface area is 258 Å². The lowest BCUT2D eigenvalue weighted by Gasteiger charge is -2.27. The zero-order valence-electron chi connectivity index (χ0n) is 25.0. The molecule has 0 atom stereocenters. The largest absolute Gasteiger partial charge is 0.377 e. The first-order chi connectivity index (χ1) is 21.8. The smallest absolute Gasteiger partial charge is 0.130 e. The molecule has 2 aliphatic heterocycles. The molecular weight excluding hydrogens is 552 g/mol. The van der Waals surface area contributed by atoms with Crippen LogP contribution in [-0.4, -0.2) is 89.0 Å². The summed E-state index contributed by atoms with van der Waals surface area (Å²) in [6.45, 7) is 7.14. The minimum absolute atomic E-state index is 0.542. The van der Waals surface area contributed by atoms with E-state index in [-0.39, 0.29) is 0 Å². The molecule has 8 heteroatoms. The second-order valence-corrected chi connectivity index (χ2v) is 11.1. The Hall–Kier alpha value is -4.08. The molecule has 2 aromatic heterocycles. The van der Waals surface area contributed by atoms with E-state index >= 15 is 0 Å². The van der Waals surface area contributed by atoms with E-state index in [1.807, 2.05) is 0 Å². The average molecular weight is 591 g/mol. The highest BCUT2D eigenvalue weighted by atomic mass is 16.5. The van der Waals surface area contributed by atoms with Crippen LogP contribution in [0.5, 0.6) is 0 Å². The van der Waals surface area contributed by atoms with Gasteiger partial charge in [0.15, 0.2) is 0 Å². The lowest BCUT2D eigenvalue weighted by atomic mass is 9.96. The number of rotatable bonds is 2. The molecule has 44 heavy (non-hydrogen) atoms. The summed E-state index contributed by atoms with van der Waals surface area (Å²) in [7, 11) is 0. The van der Waals surface area contributed by atoms with Crippen LogP contribution in [0.15, 0.2) is 84.9 Å². The summed E-state index contributed by atoms with van der Waals surface area (Å²) in [6, 6.07) is 29.9. The fourth-order valence-electron chi connectivity index (χ4n) is 6.01. The zero-order chi connectivity index (χ0) is 29.6. The van der Waals surface area contributed by atoms with Crippen molar-refractivity contribution >= 4 is 33.4 Å². The van der Waals surface area contributed by atoms with Gasteiger partial charge >= 0.3 is 0 Å². The summed E-state index contributed by atoms with van der Waals surface area (Å²) < 4.78 is 24.0. The molecule has 8 nitrogen and oxygen atoms in total. The number of pyridine rings is 2. The topological polar surface area (TPSA) is 69.2 Å². The third-order valence-electron chi connectivity index (χ3n) is 8.31. The Morgan fingerprint density at radius 3 is 1.16 bits per heavy atom. The number of hydrogen-bond acceptors (Lipinski definition) is 8. The molecule has 0 saturated carbocycles. The highest BCUT2D eigenvalue weighted by molar-refractivity contribution is 6.13. The summed E-state index contributed by atoms with van der Waals surface area (Å²) in [5.74, 6) is 1.76. The highest BCUT2D eigenvalue weighted by Crippen LogP contribution is 2.39. The first kappa shape index (κ1) is 28.7. The van der Waals surface area contributed by atoms with Crippen molar-refractivity contribution in [1.29, 1.82) is 0 Å². The minimum atomic E-state index is 0.542. The van der Waals surface area contributed by atoms with E-state index < -0.39 is 0 Å². The molecular formula is C36H38N4O4. The predicted octanol–water partition coefficient (Wildman–Crippen LogP) is 5.82. The van der Waals surface area contributed by atoms with Crippen LogP contribution in [0.1, 0.15) is 0 Å². The Bertz CT molecular complexity index is 1550. The van der Waals surface area contributed by atoms with Gasteiger partial charge in [-0.05, 0) is 34.4 Å². The van der Waals surface area contributed by atoms with Gasteiger partial charge in [-0.1, -0.05) is 72.8 Å². The van der Waals surface area contributed by atoms with Gasteiger partial charge < -0.3 is 28.7 Å². The van der Waals surface area contributed by atoms with Gasteiger partial charge in [0, 0.05) is 37.0 Å². The van der Waals surface area contributed by atoms with Gasteiger partial charge in [-0.3, -0.25) is 0 Å². The fourth-order valence-corrected chi connectivity index (χ4v) is 6.01. The molecule has 6 bridgehead atoms. The van der Waals surface area contributed by atoms with Crippen LogP contribution in [0.25, 0.3) is 44.1 Å². The monoisotopic (exact) mass is 590 g/mol. The quantitative estimate of drug-likeness (QED) is 0.238. The van der Waals surface area contributed by atoms with Crippen LogP contribution in [0.2, 0.25) is 0 Å². The standard InChI is InChI=1S/C36H38N4O4/c1-3-7-27(8-4-1)31-25-33-37-35-29(31)11-12-30-32(28-9-5-2-6-10-28)26-34(38-36(30)35)40-15-19-43-23-21-41-17-13-39(33)14-18-42-22-24-44-20-16-40/h1-12,25-26H,13-24H2. The van der Waals surface area contributed by atoms with Gasteiger partial charge in [0.25, 0.3) is 0 Å². The van der Waals surface area contributed by atoms with Crippen LogP contribution in [0, 0.1) is 0 Å². The molecule has 0 spiro atoms. The second-order valence-electron chi connectivity index (χ2n) is 11.1. The maximum Gasteiger partial charge on any atom is 0.130 e. The molecule has 0 unspecified atom stereocenters. The van der Waals surface area contributed by atoms with E-state index in [0.29, 0.717) is 79.0 Å². The number of anilines is 2. The third kappa shape index (κ3) is 6.25. The fraction of sp³-hybridized carbons (Fsp3) is 0.333. The molecule has 0 saturated heterocycles. The van der Waals surface area contributed by atoms with E-state index in [0.717, 1.165) is 55.7 Å². The number of aromatic nitrogens is 2. The maximum atomic E-state index is 6.01. The maximum absolute atomic E-state index is 6.01. The number of ether oxygens (including phenoxy) is 4. The van der Waals surface area contributed by atoms with Crippen LogP contribution in [-0.2, 0) is 18.9 Å². The van der Waals surface area contributed by atoms with Gasteiger partial charge in [0.2, 0.25) is 0 Å². The molecule has 4 heterocycles. The van der Waals surface area contributed by atoms with Gasteiger partial charge in [0.05, 0.1) is 63.9 Å². The van der Waals surface area contributed by atoms with E-state index in [1.165, 1.54) is 0 Å². The molecule has 3 aromatic carbocycles. The Morgan fingerprint density at radius 1 is 0.432 bits per heavy atom. The van der Waals surface area contributed by atoms with Crippen LogP contribution in [0.3, 0.4) is 0 Å². The molecule has 5 aromatic rings. The van der Waals surface area contributed by atoms with Gasteiger partial charge in [0.1, 0.15) is 11.6 Å². The Balaban J connectivity index is 1.53. The van der Waals surface area contributed by atoms with E-state index in [1.54, 1.807) is 0 Å². The van der Waals surface area contributed by atoms with Crippen molar-refractivity contribution in [1.82, 2.24) is 9.97 Å². The Kier molecular flexibility index (Phi) is 8.93. The summed E-state index contributed by atoms with van der Waals surface area (Å²) in [4.78, 5) is 15.3. The van der Waals surface area contributed by atoms with Gasteiger partial charge in [-0.15, -0.1) is 0 Å². The summed E-state index contributed by atoms with van der Waals surface area (Å²) in [5.41, 5.74) is 6.33. The average Bonchev–Trinajstić information content (AvgIpc) is 3.07. The predicted molar refractivity (Wildman–Crippen MR) is 176 cm³/mol. The molecule has 7 rings (SSSR count). The molecule has 0 amide bonds.